The van der Waals surface area contributed by atoms with Crippen LogP contribution < -0.4 is 4.90 Å². The van der Waals surface area contributed by atoms with Crippen LogP contribution in [0.1, 0.15) is 12.8 Å². The summed E-state index contributed by atoms with van der Waals surface area (Å²) in [4.78, 5) is 15.0. The van der Waals surface area contributed by atoms with E-state index in [9.17, 15) is 0 Å². The first-order valence-corrected chi connectivity index (χ1v) is 8.55. The number of fused-ring (bicyclic) bond motifs is 1. The maximum absolute atomic E-state index is 5.47. The summed E-state index contributed by atoms with van der Waals surface area (Å²) in [5.41, 5.74) is 0. The average Bonchev–Trinajstić information content (AvgIpc) is 3.04. The summed E-state index contributed by atoms with van der Waals surface area (Å²) in [5, 5.41) is 3.29. The summed E-state index contributed by atoms with van der Waals surface area (Å²) in [7, 11) is 0. The van der Waals surface area contributed by atoms with Crippen molar-refractivity contribution in [2.45, 2.75) is 18.9 Å². The van der Waals surface area contributed by atoms with Gasteiger partial charge in [-0.15, -0.1) is 11.3 Å². The Bertz CT molecular complexity index is 602. The molecule has 0 aliphatic carbocycles. The van der Waals surface area contributed by atoms with Crippen molar-refractivity contribution >= 4 is 27.4 Å². The van der Waals surface area contributed by atoms with E-state index in [1.165, 1.54) is 18.2 Å². The second-order valence-electron chi connectivity index (χ2n) is 5.70. The summed E-state index contributed by atoms with van der Waals surface area (Å²) >= 11 is 1.69. The third kappa shape index (κ3) is 2.63. The molecule has 0 aromatic carbocycles. The van der Waals surface area contributed by atoms with Crippen LogP contribution in [-0.2, 0) is 4.74 Å². The molecule has 6 heteroatoms. The Balaban J connectivity index is 1.46. The fraction of sp³-hybridized carbons (Fsp3) is 0.600. The number of rotatable bonds is 2. The fourth-order valence-electron chi connectivity index (χ4n) is 3.38. The van der Waals surface area contributed by atoms with E-state index in [2.05, 4.69) is 31.2 Å². The topological polar surface area (TPSA) is 41.5 Å². The van der Waals surface area contributed by atoms with Crippen LogP contribution in [0.15, 0.2) is 17.8 Å². The van der Waals surface area contributed by atoms with Crippen LogP contribution in [0.25, 0.3) is 10.2 Å². The Labute approximate surface area is 128 Å². The maximum atomic E-state index is 5.47. The van der Waals surface area contributed by atoms with Crippen molar-refractivity contribution in [1.82, 2.24) is 14.9 Å². The number of nitrogens with zero attached hydrogens (tertiary/aromatic N) is 4. The maximum Gasteiger partial charge on any atom is 0.140 e. The molecule has 0 atom stereocenters. The molecular weight excluding hydrogens is 284 g/mol. The zero-order chi connectivity index (χ0) is 14.1. The highest BCUT2D eigenvalue weighted by molar-refractivity contribution is 7.16. The summed E-state index contributed by atoms with van der Waals surface area (Å²) in [6.07, 6.45) is 4.06. The number of hydrogen-bond donors (Lipinski definition) is 0. The summed E-state index contributed by atoms with van der Waals surface area (Å²) in [6, 6.07) is 2.85. The van der Waals surface area contributed by atoms with E-state index in [0.717, 1.165) is 50.0 Å². The van der Waals surface area contributed by atoms with Crippen molar-refractivity contribution in [3.05, 3.63) is 17.8 Å². The van der Waals surface area contributed by atoms with Gasteiger partial charge in [-0.25, -0.2) is 9.97 Å². The first kappa shape index (κ1) is 13.4. The van der Waals surface area contributed by atoms with E-state index in [0.29, 0.717) is 6.04 Å². The Kier molecular flexibility index (Phi) is 3.75. The molecule has 0 unspecified atom stereocenters. The predicted molar refractivity (Wildman–Crippen MR) is 85.0 cm³/mol. The van der Waals surface area contributed by atoms with Crippen molar-refractivity contribution in [1.29, 1.82) is 0 Å². The monoisotopic (exact) mass is 304 g/mol. The standard InChI is InChI=1S/C15H20N4OS/c1-8-20-9-2-12(1)18-4-6-19(7-5-18)14-13-3-10-21-15(13)17-11-16-14/h3,10-12H,1-2,4-9H2. The quantitative estimate of drug-likeness (QED) is 0.849. The van der Waals surface area contributed by atoms with Gasteiger partial charge in [0, 0.05) is 45.4 Å². The second kappa shape index (κ2) is 5.87. The molecule has 0 N–H and O–H groups in total. The number of aromatic nitrogens is 2. The van der Waals surface area contributed by atoms with Crippen LogP contribution in [0.3, 0.4) is 0 Å². The molecule has 21 heavy (non-hydrogen) atoms. The average molecular weight is 304 g/mol. The molecule has 2 aromatic rings. The smallest absolute Gasteiger partial charge is 0.140 e. The number of hydrogen-bond acceptors (Lipinski definition) is 6. The lowest BCUT2D eigenvalue weighted by molar-refractivity contribution is 0.0321. The second-order valence-corrected chi connectivity index (χ2v) is 6.60. The van der Waals surface area contributed by atoms with E-state index in [1.54, 1.807) is 17.7 Å². The van der Waals surface area contributed by atoms with Crippen molar-refractivity contribution in [2.24, 2.45) is 0 Å². The van der Waals surface area contributed by atoms with Gasteiger partial charge in [0.05, 0.1) is 5.39 Å². The molecule has 0 bridgehead atoms. The van der Waals surface area contributed by atoms with E-state index in [1.807, 2.05) is 0 Å². The highest BCUT2D eigenvalue weighted by Gasteiger charge is 2.26. The van der Waals surface area contributed by atoms with E-state index >= 15 is 0 Å². The molecule has 0 spiro atoms. The minimum atomic E-state index is 0.715. The lowest BCUT2D eigenvalue weighted by Crippen LogP contribution is -2.51. The van der Waals surface area contributed by atoms with Crippen molar-refractivity contribution in [3.63, 3.8) is 0 Å². The molecule has 2 aliphatic heterocycles. The summed E-state index contributed by atoms with van der Waals surface area (Å²) in [5.74, 6) is 1.10. The Morgan fingerprint density at radius 1 is 1.10 bits per heavy atom. The van der Waals surface area contributed by atoms with Crippen LogP contribution >= 0.6 is 11.3 Å². The third-order valence-corrected chi connectivity index (χ3v) is 5.38. The van der Waals surface area contributed by atoms with Gasteiger partial charge in [0.15, 0.2) is 0 Å². The molecule has 0 radical (unpaired) electrons. The number of ether oxygens (including phenoxy) is 1. The van der Waals surface area contributed by atoms with E-state index in [4.69, 9.17) is 4.74 Å². The number of piperazine rings is 1. The SMILES string of the molecule is c1nc(N2CCN(C3CCOCC3)CC2)c2ccsc2n1. The van der Waals surface area contributed by atoms with Crippen LogP contribution in [0.2, 0.25) is 0 Å². The first-order valence-electron chi connectivity index (χ1n) is 7.67. The fourth-order valence-corrected chi connectivity index (χ4v) is 4.11. The molecule has 2 fully saturated rings. The van der Waals surface area contributed by atoms with Gasteiger partial charge < -0.3 is 9.64 Å². The Morgan fingerprint density at radius 2 is 1.90 bits per heavy atom. The normalized spacial score (nSPS) is 22.0. The van der Waals surface area contributed by atoms with Gasteiger partial charge in [-0.1, -0.05) is 0 Å². The van der Waals surface area contributed by atoms with E-state index in [-0.39, 0.29) is 0 Å². The van der Waals surface area contributed by atoms with Crippen molar-refractivity contribution in [2.75, 3.05) is 44.3 Å². The van der Waals surface area contributed by atoms with E-state index < -0.39 is 0 Å². The lowest BCUT2D eigenvalue weighted by Gasteiger charge is -2.41. The van der Waals surface area contributed by atoms with Crippen molar-refractivity contribution in [3.8, 4) is 0 Å². The lowest BCUT2D eigenvalue weighted by atomic mass is 10.1. The summed E-state index contributed by atoms with van der Waals surface area (Å²) < 4.78 is 5.47. The Morgan fingerprint density at radius 3 is 2.71 bits per heavy atom. The predicted octanol–water partition coefficient (Wildman–Crippen LogP) is 1.99. The van der Waals surface area contributed by atoms with Gasteiger partial charge >= 0.3 is 0 Å². The molecule has 2 saturated heterocycles. The van der Waals surface area contributed by atoms with Crippen LogP contribution in [0, 0.1) is 0 Å². The van der Waals surface area contributed by atoms with Crippen LogP contribution in [-0.4, -0.2) is 60.3 Å². The molecule has 0 saturated carbocycles. The van der Waals surface area contributed by atoms with Gasteiger partial charge in [-0.3, -0.25) is 4.90 Å². The molecule has 4 rings (SSSR count). The minimum absolute atomic E-state index is 0.715. The molecule has 5 nitrogen and oxygen atoms in total. The zero-order valence-corrected chi connectivity index (χ0v) is 12.9. The minimum Gasteiger partial charge on any atom is -0.381 e. The van der Waals surface area contributed by atoms with Crippen molar-refractivity contribution < 1.29 is 4.74 Å². The molecule has 2 aliphatic rings. The van der Waals surface area contributed by atoms with Crippen LogP contribution in [0.5, 0.6) is 0 Å². The van der Waals surface area contributed by atoms with Gasteiger partial charge in [-0.05, 0) is 24.3 Å². The molecule has 2 aromatic heterocycles. The number of anilines is 1. The molecule has 0 amide bonds. The van der Waals surface area contributed by atoms with Gasteiger partial charge in [0.1, 0.15) is 17.0 Å². The third-order valence-electron chi connectivity index (χ3n) is 4.56. The highest BCUT2D eigenvalue weighted by atomic mass is 32.1. The highest BCUT2D eigenvalue weighted by Crippen LogP contribution is 2.28. The summed E-state index contributed by atoms with van der Waals surface area (Å²) in [6.45, 7) is 6.21. The molecular formula is C15H20N4OS. The molecule has 4 heterocycles. The number of thiophene rings is 1. The van der Waals surface area contributed by atoms with Gasteiger partial charge in [0.2, 0.25) is 0 Å². The van der Waals surface area contributed by atoms with Gasteiger partial charge in [-0.2, -0.15) is 0 Å². The van der Waals surface area contributed by atoms with Crippen LogP contribution in [0.4, 0.5) is 5.82 Å². The largest absolute Gasteiger partial charge is 0.381 e. The Hall–Kier alpha value is -1.24. The molecule has 112 valence electrons. The zero-order valence-electron chi connectivity index (χ0n) is 12.1. The first-order chi connectivity index (χ1) is 10.4. The van der Waals surface area contributed by atoms with Gasteiger partial charge in [0.25, 0.3) is 0 Å².